The highest BCUT2D eigenvalue weighted by Gasteiger charge is 2.51. The number of rotatable bonds is 4. The molecule has 2 rings (SSSR count). The van der Waals surface area contributed by atoms with Gasteiger partial charge in [0.1, 0.15) is 22.1 Å². The Balaban J connectivity index is 2.63. The first-order valence-electron chi connectivity index (χ1n) is 7.20. The molecule has 0 aromatic heterocycles. The maximum atomic E-state index is 14.2. The highest BCUT2D eigenvalue weighted by molar-refractivity contribution is 9.10. The number of benzene rings is 2. The predicted octanol–water partition coefficient (Wildman–Crippen LogP) is 9.44. The van der Waals surface area contributed by atoms with Crippen molar-refractivity contribution in [1.82, 2.24) is 0 Å². The van der Waals surface area contributed by atoms with Gasteiger partial charge in [-0.15, -0.1) is 11.8 Å². The van der Waals surface area contributed by atoms with Crippen molar-refractivity contribution in [1.29, 1.82) is 0 Å². The van der Waals surface area contributed by atoms with E-state index in [1.165, 1.54) is 0 Å². The van der Waals surface area contributed by atoms with Crippen LogP contribution in [0.25, 0.3) is 0 Å². The zero-order valence-corrected chi connectivity index (χ0v) is 18.9. The second-order valence-electron chi connectivity index (χ2n) is 5.56. The summed E-state index contributed by atoms with van der Waals surface area (Å²) in [7, 11) is 0. The van der Waals surface area contributed by atoms with Gasteiger partial charge in [-0.25, -0.2) is 8.78 Å². The number of hydrogen-bond donors (Lipinski definition) is 0. The van der Waals surface area contributed by atoms with Gasteiger partial charge in [-0.1, -0.05) is 23.2 Å². The van der Waals surface area contributed by atoms with Gasteiger partial charge < -0.3 is 0 Å². The molecule has 0 heterocycles. The maximum absolute atomic E-state index is 14.2. The quantitative estimate of drug-likeness (QED) is 0.245. The summed E-state index contributed by atoms with van der Waals surface area (Å²) in [5.41, 5.74) is -2.16. The molecule has 160 valence electrons. The molecule has 2 aromatic carbocycles. The zero-order valence-electron chi connectivity index (χ0n) is 13.4. The number of alkyl halides is 6. The topological polar surface area (TPSA) is 0 Å². The first-order valence-corrected chi connectivity index (χ1v) is 10.5. The van der Waals surface area contributed by atoms with Crippen LogP contribution < -0.4 is 0 Å². The summed E-state index contributed by atoms with van der Waals surface area (Å²) in [6.45, 7) is 0. The molecule has 0 saturated carbocycles. The van der Waals surface area contributed by atoms with Gasteiger partial charge in [0, 0.05) is 20.1 Å². The van der Waals surface area contributed by atoms with Crippen molar-refractivity contribution >= 4 is 66.8 Å². The molecule has 0 fully saturated rings. The first-order chi connectivity index (χ1) is 13.1. The summed E-state index contributed by atoms with van der Waals surface area (Å²) in [6, 6.07) is 2.37. The second kappa shape index (κ2) is 9.10. The van der Waals surface area contributed by atoms with Crippen molar-refractivity contribution in [2.75, 3.05) is 0 Å². The molecule has 2 atom stereocenters. The summed E-state index contributed by atoms with van der Waals surface area (Å²) in [5, 5.41) is -6.46. The van der Waals surface area contributed by atoms with Crippen molar-refractivity contribution < 1.29 is 35.1 Å². The van der Waals surface area contributed by atoms with E-state index in [0.717, 1.165) is 0 Å². The van der Waals surface area contributed by atoms with E-state index in [2.05, 4.69) is 31.9 Å². The summed E-state index contributed by atoms with van der Waals surface area (Å²) in [4.78, 5) is 0. The summed E-state index contributed by atoms with van der Waals surface area (Å²) < 4.78 is 110. The lowest BCUT2D eigenvalue weighted by atomic mass is 10.1. The molecule has 29 heavy (non-hydrogen) atoms. The van der Waals surface area contributed by atoms with E-state index in [1.807, 2.05) is 0 Å². The molecule has 0 nitrogen and oxygen atoms in total. The average molecular weight is 613 g/mol. The first kappa shape index (κ1) is 25.0. The third-order valence-corrected chi connectivity index (χ3v) is 7.49. The van der Waals surface area contributed by atoms with Crippen molar-refractivity contribution in [3.8, 4) is 0 Å². The van der Waals surface area contributed by atoms with Crippen molar-refractivity contribution in [3.63, 3.8) is 0 Å². The molecule has 0 bridgehead atoms. The molecule has 2 aromatic rings. The number of hydrogen-bond acceptors (Lipinski definition) is 1. The summed E-state index contributed by atoms with van der Waals surface area (Å²) in [6.07, 6.45) is -10.6. The normalized spacial score (nSPS) is 14.8. The van der Waals surface area contributed by atoms with Crippen LogP contribution in [0, 0.1) is 11.6 Å². The van der Waals surface area contributed by atoms with Gasteiger partial charge in [0.2, 0.25) is 0 Å². The zero-order chi connectivity index (χ0) is 22.3. The van der Waals surface area contributed by atoms with Crippen LogP contribution in [0.15, 0.2) is 33.2 Å². The van der Waals surface area contributed by atoms with E-state index in [1.54, 1.807) is 0 Å². The molecule has 0 amide bonds. The fraction of sp³-hybridized carbons (Fsp3) is 0.250. The third kappa shape index (κ3) is 5.93. The Kier molecular flexibility index (Phi) is 7.85. The minimum absolute atomic E-state index is 0.144. The van der Waals surface area contributed by atoms with E-state index in [9.17, 15) is 35.1 Å². The van der Waals surface area contributed by atoms with Crippen molar-refractivity contribution in [3.05, 3.63) is 66.0 Å². The van der Waals surface area contributed by atoms with Gasteiger partial charge in [0.15, 0.2) is 0 Å². The largest absolute Gasteiger partial charge is 0.404 e. The van der Waals surface area contributed by atoms with Crippen LogP contribution in [0.2, 0.25) is 10.0 Å². The van der Waals surface area contributed by atoms with Gasteiger partial charge in [0.05, 0.1) is 10.0 Å². The van der Waals surface area contributed by atoms with Crippen LogP contribution >= 0.6 is 66.8 Å². The van der Waals surface area contributed by atoms with Crippen LogP contribution in [0.4, 0.5) is 35.1 Å². The SMILES string of the molecule is Fc1cc(Cl)c(Br)cc1C(SC(c1cc(Br)c(Cl)cc1F)C(F)(F)F)C(F)(F)F. The minimum Gasteiger partial charge on any atom is -0.207 e. The van der Waals surface area contributed by atoms with Gasteiger partial charge in [0.25, 0.3) is 0 Å². The molecule has 0 saturated heterocycles. The summed E-state index contributed by atoms with van der Waals surface area (Å²) >= 11 is 16.2. The fourth-order valence-electron chi connectivity index (χ4n) is 2.27. The van der Waals surface area contributed by atoms with Crippen LogP contribution in [0.3, 0.4) is 0 Å². The fourth-order valence-corrected chi connectivity index (χ4v) is 4.53. The van der Waals surface area contributed by atoms with Crippen molar-refractivity contribution in [2.24, 2.45) is 0 Å². The molecule has 2 unspecified atom stereocenters. The maximum Gasteiger partial charge on any atom is 0.404 e. The van der Waals surface area contributed by atoms with Gasteiger partial charge >= 0.3 is 12.4 Å². The second-order valence-corrected chi connectivity index (χ2v) is 9.29. The van der Waals surface area contributed by atoms with Gasteiger partial charge in [-0.05, 0) is 56.1 Å². The summed E-state index contributed by atoms with van der Waals surface area (Å²) in [5.74, 6) is -2.90. The highest BCUT2D eigenvalue weighted by atomic mass is 79.9. The number of halogens is 12. The minimum atomic E-state index is -5.29. The molecular formula is C16H6Br2Cl2F8S. The third-order valence-electron chi connectivity index (χ3n) is 3.51. The number of thioether (sulfide) groups is 1. The molecule has 0 aliphatic rings. The van der Waals surface area contributed by atoms with Crippen LogP contribution in [-0.2, 0) is 0 Å². The monoisotopic (exact) mass is 610 g/mol. The predicted molar refractivity (Wildman–Crippen MR) is 103 cm³/mol. The Bertz CT molecular complexity index is 844. The van der Waals surface area contributed by atoms with E-state index in [4.69, 9.17) is 23.2 Å². The van der Waals surface area contributed by atoms with Crippen LogP contribution in [0.1, 0.15) is 21.6 Å². The van der Waals surface area contributed by atoms with Gasteiger partial charge in [-0.3, -0.25) is 0 Å². The molecule has 0 spiro atoms. The lowest BCUT2D eigenvalue weighted by Crippen LogP contribution is -2.26. The van der Waals surface area contributed by atoms with Crippen LogP contribution in [-0.4, -0.2) is 12.4 Å². The molecule has 0 aliphatic carbocycles. The van der Waals surface area contributed by atoms with E-state index < -0.39 is 57.4 Å². The molecule has 0 aliphatic heterocycles. The average Bonchev–Trinajstić information content (AvgIpc) is 2.54. The Morgan fingerprint density at radius 1 is 0.690 bits per heavy atom. The highest BCUT2D eigenvalue weighted by Crippen LogP contribution is 2.56. The Labute approximate surface area is 190 Å². The Morgan fingerprint density at radius 2 is 1.00 bits per heavy atom. The van der Waals surface area contributed by atoms with E-state index in [-0.39, 0.29) is 19.0 Å². The standard InChI is InChI=1S/C16H6Br2Cl2F8S/c17-7-1-5(11(21)3-9(7)19)13(15(23,24)25)29-14(16(26,27)28)6-2-8(18)10(20)4-12(6)22/h1-4,13-14H. The Hall–Kier alpha value is -0.230. The molecule has 0 N–H and O–H groups in total. The van der Waals surface area contributed by atoms with E-state index >= 15 is 0 Å². The van der Waals surface area contributed by atoms with Crippen molar-refractivity contribution in [2.45, 2.75) is 22.9 Å². The molecule has 13 heteroatoms. The molecule has 0 radical (unpaired) electrons. The smallest absolute Gasteiger partial charge is 0.207 e. The lowest BCUT2D eigenvalue weighted by molar-refractivity contribution is -0.137. The lowest BCUT2D eigenvalue weighted by Gasteiger charge is -2.28. The van der Waals surface area contributed by atoms with Gasteiger partial charge in [-0.2, -0.15) is 26.3 Å². The Morgan fingerprint density at radius 3 is 1.28 bits per heavy atom. The molecular weight excluding hydrogens is 607 g/mol. The van der Waals surface area contributed by atoms with E-state index in [0.29, 0.717) is 24.3 Å². The van der Waals surface area contributed by atoms with Crippen LogP contribution in [0.5, 0.6) is 0 Å².